The third-order valence-electron chi connectivity index (χ3n) is 1.44. The third kappa shape index (κ3) is 2.43. The Hall–Kier alpha value is -1.62. The van der Waals surface area contributed by atoms with Gasteiger partial charge in [-0.2, -0.15) is 0 Å². The molecule has 5 nitrogen and oxygen atoms in total. The fourth-order valence-electron chi connectivity index (χ4n) is 0.772. The molecule has 1 heterocycles. The second-order valence-electron chi connectivity index (χ2n) is 2.38. The van der Waals surface area contributed by atoms with Crippen molar-refractivity contribution >= 4 is 29.1 Å². The van der Waals surface area contributed by atoms with Gasteiger partial charge >= 0.3 is 11.8 Å². The molecular weight excluding hydrogens is 206 g/mol. The Balaban J connectivity index is 2.75. The van der Waals surface area contributed by atoms with Crippen LogP contribution in [0.4, 0.5) is 5.69 Å². The van der Waals surface area contributed by atoms with Crippen molar-refractivity contribution in [2.75, 3.05) is 12.4 Å². The van der Waals surface area contributed by atoms with E-state index in [1.165, 1.54) is 13.2 Å². The van der Waals surface area contributed by atoms with Crippen molar-refractivity contribution in [3.05, 3.63) is 23.5 Å². The lowest BCUT2D eigenvalue weighted by Gasteiger charge is -2.04. The van der Waals surface area contributed by atoms with Gasteiger partial charge in [-0.05, 0) is 12.1 Å². The summed E-state index contributed by atoms with van der Waals surface area (Å²) in [6, 6.07) is 3.15. The average Bonchev–Trinajstić information content (AvgIpc) is 2.20. The molecule has 0 aliphatic rings. The first-order chi connectivity index (χ1) is 6.65. The molecule has 0 fully saturated rings. The van der Waals surface area contributed by atoms with Crippen molar-refractivity contribution in [3.8, 4) is 0 Å². The Bertz CT molecular complexity index is 367. The van der Waals surface area contributed by atoms with E-state index in [1.54, 1.807) is 12.1 Å². The van der Waals surface area contributed by atoms with Crippen LogP contribution in [0.25, 0.3) is 0 Å². The summed E-state index contributed by atoms with van der Waals surface area (Å²) < 4.78 is 0. The van der Waals surface area contributed by atoms with Gasteiger partial charge in [0.2, 0.25) is 0 Å². The van der Waals surface area contributed by atoms with E-state index >= 15 is 0 Å². The molecule has 1 aromatic heterocycles. The van der Waals surface area contributed by atoms with Gasteiger partial charge in [-0.3, -0.25) is 9.59 Å². The predicted molar refractivity (Wildman–Crippen MR) is 51.9 cm³/mol. The number of rotatable bonds is 1. The molecule has 0 aliphatic carbocycles. The molecule has 1 aromatic rings. The van der Waals surface area contributed by atoms with E-state index < -0.39 is 11.8 Å². The minimum Gasteiger partial charge on any atom is -0.351 e. The summed E-state index contributed by atoms with van der Waals surface area (Å²) in [6.07, 6.45) is 1.48. The summed E-state index contributed by atoms with van der Waals surface area (Å²) in [5, 5.41) is 4.65. The highest BCUT2D eigenvalue weighted by atomic mass is 35.5. The van der Waals surface area contributed by atoms with E-state index in [2.05, 4.69) is 15.6 Å². The lowest BCUT2D eigenvalue weighted by molar-refractivity contribution is -0.135. The molecule has 0 aromatic carbocycles. The van der Waals surface area contributed by atoms with Crippen LogP contribution in [0.5, 0.6) is 0 Å². The fraction of sp³-hybridized carbons (Fsp3) is 0.125. The van der Waals surface area contributed by atoms with Crippen LogP contribution in [0.1, 0.15) is 0 Å². The van der Waals surface area contributed by atoms with E-state index in [-0.39, 0.29) is 5.15 Å². The fourth-order valence-corrected chi connectivity index (χ4v) is 0.938. The highest BCUT2D eigenvalue weighted by molar-refractivity contribution is 6.41. The molecular formula is C8H8ClN3O2. The molecule has 0 spiro atoms. The zero-order chi connectivity index (χ0) is 10.6. The summed E-state index contributed by atoms with van der Waals surface area (Å²) in [7, 11) is 1.37. The minimum absolute atomic E-state index is 0.143. The molecule has 0 bridgehead atoms. The van der Waals surface area contributed by atoms with Crippen LogP contribution in [0, 0.1) is 0 Å². The van der Waals surface area contributed by atoms with Gasteiger partial charge < -0.3 is 10.6 Å². The maximum absolute atomic E-state index is 11.1. The number of nitrogens with one attached hydrogen (secondary N) is 2. The number of aromatic nitrogens is 1. The molecule has 74 valence electrons. The zero-order valence-corrected chi connectivity index (χ0v) is 8.13. The van der Waals surface area contributed by atoms with Crippen molar-refractivity contribution < 1.29 is 9.59 Å². The number of amides is 2. The molecule has 14 heavy (non-hydrogen) atoms. The van der Waals surface area contributed by atoms with Crippen LogP contribution >= 0.6 is 11.6 Å². The zero-order valence-electron chi connectivity index (χ0n) is 7.37. The summed E-state index contributed by atoms with van der Waals surface area (Å²) in [5.41, 5.74) is 0.308. The number of carbonyl (C=O) groups is 2. The molecule has 0 atom stereocenters. The summed E-state index contributed by atoms with van der Waals surface area (Å²) in [6.45, 7) is 0. The number of nitrogens with zero attached hydrogens (tertiary/aromatic N) is 1. The number of carbonyl (C=O) groups excluding carboxylic acids is 2. The van der Waals surface area contributed by atoms with E-state index in [1.807, 2.05) is 0 Å². The van der Waals surface area contributed by atoms with Gasteiger partial charge in [0, 0.05) is 13.2 Å². The average molecular weight is 214 g/mol. The first-order valence-corrected chi connectivity index (χ1v) is 4.16. The number of hydrogen-bond donors (Lipinski definition) is 2. The van der Waals surface area contributed by atoms with Gasteiger partial charge in [-0.15, -0.1) is 0 Å². The van der Waals surface area contributed by atoms with Gasteiger partial charge in [0.15, 0.2) is 5.15 Å². The van der Waals surface area contributed by atoms with Crippen LogP contribution in [-0.2, 0) is 9.59 Å². The summed E-state index contributed by atoms with van der Waals surface area (Å²) in [4.78, 5) is 25.7. The molecule has 0 saturated heterocycles. The number of halogens is 1. The largest absolute Gasteiger partial charge is 0.351 e. The molecule has 0 unspecified atom stereocenters. The van der Waals surface area contributed by atoms with Gasteiger partial charge in [0.25, 0.3) is 0 Å². The number of hydrogen-bond acceptors (Lipinski definition) is 3. The molecule has 6 heteroatoms. The van der Waals surface area contributed by atoms with Crippen molar-refractivity contribution in [1.29, 1.82) is 0 Å². The van der Waals surface area contributed by atoms with Crippen LogP contribution in [0.15, 0.2) is 18.3 Å². The van der Waals surface area contributed by atoms with Crippen molar-refractivity contribution in [3.63, 3.8) is 0 Å². The van der Waals surface area contributed by atoms with Gasteiger partial charge in [-0.1, -0.05) is 11.6 Å². The Kier molecular flexibility index (Phi) is 3.41. The Morgan fingerprint density at radius 3 is 2.71 bits per heavy atom. The van der Waals surface area contributed by atoms with E-state index in [0.717, 1.165) is 0 Å². The SMILES string of the molecule is CNC(=O)C(=O)Nc1cccnc1Cl. The van der Waals surface area contributed by atoms with Crippen LogP contribution in [0.3, 0.4) is 0 Å². The standard InChI is InChI=1S/C8H8ClN3O2/c1-10-7(13)8(14)12-5-3-2-4-11-6(5)9/h2-4H,1H3,(H,10,13)(H,12,14). The van der Waals surface area contributed by atoms with Crippen molar-refractivity contribution in [1.82, 2.24) is 10.3 Å². The predicted octanol–water partition coefficient (Wildman–Crippen LogP) is 0.419. The first kappa shape index (κ1) is 10.5. The number of anilines is 1. The molecule has 2 N–H and O–H groups in total. The van der Waals surface area contributed by atoms with E-state index in [9.17, 15) is 9.59 Å². The van der Waals surface area contributed by atoms with Crippen LogP contribution < -0.4 is 10.6 Å². The van der Waals surface area contributed by atoms with Gasteiger partial charge in [0.05, 0.1) is 5.69 Å². The molecule has 2 amide bonds. The molecule has 0 saturated carbocycles. The van der Waals surface area contributed by atoms with Crippen molar-refractivity contribution in [2.24, 2.45) is 0 Å². The van der Waals surface area contributed by atoms with Crippen molar-refractivity contribution in [2.45, 2.75) is 0 Å². The Morgan fingerprint density at radius 1 is 1.43 bits per heavy atom. The topological polar surface area (TPSA) is 71.1 Å². The molecule has 1 rings (SSSR count). The van der Waals surface area contributed by atoms with E-state index in [0.29, 0.717) is 5.69 Å². The highest BCUT2D eigenvalue weighted by Crippen LogP contribution is 2.16. The highest BCUT2D eigenvalue weighted by Gasteiger charge is 2.12. The monoisotopic (exact) mass is 213 g/mol. The lowest BCUT2D eigenvalue weighted by atomic mass is 10.4. The third-order valence-corrected chi connectivity index (χ3v) is 1.74. The maximum Gasteiger partial charge on any atom is 0.313 e. The Labute approximate surface area is 85.5 Å². The van der Waals surface area contributed by atoms with Gasteiger partial charge in [-0.25, -0.2) is 4.98 Å². The minimum atomic E-state index is -0.776. The number of pyridine rings is 1. The summed E-state index contributed by atoms with van der Waals surface area (Å²) >= 11 is 5.66. The second kappa shape index (κ2) is 4.57. The van der Waals surface area contributed by atoms with Crippen LogP contribution in [0.2, 0.25) is 5.15 Å². The van der Waals surface area contributed by atoms with E-state index in [4.69, 9.17) is 11.6 Å². The van der Waals surface area contributed by atoms with Gasteiger partial charge in [0.1, 0.15) is 0 Å². The van der Waals surface area contributed by atoms with Crippen LogP contribution in [-0.4, -0.2) is 23.8 Å². The molecule has 0 radical (unpaired) electrons. The maximum atomic E-state index is 11.1. The Morgan fingerprint density at radius 2 is 2.14 bits per heavy atom. The summed E-state index contributed by atoms with van der Waals surface area (Å²) in [5.74, 6) is -1.51. The normalized spacial score (nSPS) is 9.29. The molecule has 0 aliphatic heterocycles. The first-order valence-electron chi connectivity index (χ1n) is 3.78. The number of likely N-dealkylation sites (N-methyl/N-ethyl adjacent to an activating group) is 1. The quantitative estimate of drug-likeness (QED) is 0.525. The second-order valence-corrected chi connectivity index (χ2v) is 2.73. The lowest BCUT2D eigenvalue weighted by Crippen LogP contribution is -2.32. The smallest absolute Gasteiger partial charge is 0.313 e.